The summed E-state index contributed by atoms with van der Waals surface area (Å²) in [5.41, 5.74) is 1.41. The van der Waals surface area contributed by atoms with Crippen molar-refractivity contribution in [3.05, 3.63) is 62.5 Å². The maximum absolute atomic E-state index is 12.3. The van der Waals surface area contributed by atoms with Gasteiger partial charge in [0.2, 0.25) is 5.91 Å². The number of anilines is 1. The molecule has 6 heteroatoms. The Morgan fingerprint density at radius 2 is 1.91 bits per heavy atom. The number of nitrogens with one attached hydrogen (secondary N) is 1. The predicted molar refractivity (Wildman–Crippen MR) is 89.9 cm³/mol. The maximum Gasteiger partial charge on any atom is 0.270 e. The van der Waals surface area contributed by atoms with Crippen molar-refractivity contribution in [2.24, 2.45) is 0 Å². The zero-order valence-corrected chi connectivity index (χ0v) is 13.8. The maximum atomic E-state index is 12.3. The fourth-order valence-corrected chi connectivity index (χ4v) is 2.50. The lowest BCUT2D eigenvalue weighted by molar-refractivity contribution is -0.118. The van der Waals surface area contributed by atoms with Gasteiger partial charge in [-0.1, -0.05) is 42.3 Å². The summed E-state index contributed by atoms with van der Waals surface area (Å²) in [6.07, 6.45) is 2.33. The number of hydrogen-bond donors (Lipinski definition) is 1. The van der Waals surface area contributed by atoms with Gasteiger partial charge in [0.05, 0.1) is 5.02 Å². The molecule has 4 nitrogen and oxygen atoms in total. The number of hydrogen-bond acceptors (Lipinski definition) is 2. The minimum absolute atomic E-state index is 0.0144. The normalized spacial score (nSPS) is 12.0. The monoisotopic (exact) mass is 338 g/mol. The van der Waals surface area contributed by atoms with Crippen LogP contribution in [0.4, 0.5) is 5.69 Å². The third-order valence-electron chi connectivity index (χ3n) is 3.39. The van der Waals surface area contributed by atoms with Crippen molar-refractivity contribution < 1.29 is 4.79 Å². The molecule has 0 spiro atoms. The molecule has 1 unspecified atom stereocenters. The average Bonchev–Trinajstić information content (AvgIpc) is 2.50. The van der Waals surface area contributed by atoms with Crippen molar-refractivity contribution in [3.63, 3.8) is 0 Å². The Morgan fingerprint density at radius 3 is 2.50 bits per heavy atom. The number of halogens is 2. The molecular formula is C16H16Cl2N2O2. The standard InChI is InChI=1S/C16H16Cl2N2O2/c1-3-11-4-6-13(7-5-11)19-15(21)10(2)20-9-12(17)8-14(18)16(20)22/h4-10H,3H2,1-2H3,(H,19,21). The van der Waals surface area contributed by atoms with Gasteiger partial charge in [-0.05, 0) is 37.1 Å². The quantitative estimate of drug-likeness (QED) is 0.918. The highest BCUT2D eigenvalue weighted by molar-refractivity contribution is 6.34. The van der Waals surface area contributed by atoms with E-state index in [2.05, 4.69) is 12.2 Å². The fourth-order valence-electron chi connectivity index (χ4n) is 2.02. The van der Waals surface area contributed by atoms with Crippen LogP contribution in [0, 0.1) is 0 Å². The first-order valence-corrected chi connectivity index (χ1v) is 7.65. The molecule has 116 valence electrons. The van der Waals surface area contributed by atoms with Crippen molar-refractivity contribution in [2.45, 2.75) is 26.3 Å². The van der Waals surface area contributed by atoms with E-state index in [1.54, 1.807) is 6.92 Å². The van der Waals surface area contributed by atoms with E-state index < -0.39 is 11.6 Å². The van der Waals surface area contributed by atoms with Crippen LogP contribution in [-0.4, -0.2) is 10.5 Å². The molecule has 1 N–H and O–H groups in total. The first-order valence-electron chi connectivity index (χ1n) is 6.89. The van der Waals surface area contributed by atoms with Crippen LogP contribution in [0.2, 0.25) is 10.0 Å². The Kier molecular flexibility index (Phi) is 5.27. The number of carbonyl (C=O) groups is 1. The Bertz CT molecular complexity index is 739. The van der Waals surface area contributed by atoms with Gasteiger partial charge in [0.15, 0.2) is 0 Å². The fraction of sp³-hybridized carbons (Fsp3) is 0.250. The van der Waals surface area contributed by atoms with E-state index in [9.17, 15) is 9.59 Å². The summed E-state index contributed by atoms with van der Waals surface area (Å²) in [4.78, 5) is 24.3. The Balaban J connectivity index is 2.20. The highest BCUT2D eigenvalue weighted by atomic mass is 35.5. The molecule has 0 aliphatic rings. The predicted octanol–water partition coefficient (Wildman–Crippen LogP) is 3.92. The highest BCUT2D eigenvalue weighted by Crippen LogP contribution is 2.16. The molecule has 0 saturated carbocycles. The molecule has 0 aliphatic carbocycles. The molecule has 22 heavy (non-hydrogen) atoms. The van der Waals surface area contributed by atoms with Crippen LogP contribution in [0.25, 0.3) is 0 Å². The lowest BCUT2D eigenvalue weighted by atomic mass is 10.1. The molecule has 1 heterocycles. The van der Waals surface area contributed by atoms with E-state index in [1.165, 1.54) is 22.4 Å². The Labute approximate surface area is 138 Å². The minimum atomic E-state index is -0.727. The van der Waals surface area contributed by atoms with Crippen LogP contribution >= 0.6 is 23.2 Å². The second kappa shape index (κ2) is 6.99. The molecule has 0 saturated heterocycles. The van der Waals surface area contributed by atoms with Crippen molar-refractivity contribution in [1.82, 2.24) is 4.57 Å². The second-order valence-electron chi connectivity index (χ2n) is 4.93. The number of amides is 1. The molecule has 0 aliphatic heterocycles. The number of rotatable bonds is 4. The molecule has 2 rings (SSSR count). The van der Waals surface area contributed by atoms with Gasteiger partial charge in [-0.3, -0.25) is 9.59 Å². The van der Waals surface area contributed by atoms with E-state index >= 15 is 0 Å². The number of carbonyl (C=O) groups excluding carboxylic acids is 1. The SMILES string of the molecule is CCc1ccc(NC(=O)C(C)n2cc(Cl)cc(Cl)c2=O)cc1. The summed E-state index contributed by atoms with van der Waals surface area (Å²) in [5.74, 6) is -0.315. The third kappa shape index (κ3) is 3.70. The van der Waals surface area contributed by atoms with Gasteiger partial charge in [0, 0.05) is 11.9 Å². The summed E-state index contributed by atoms with van der Waals surface area (Å²) in [6, 6.07) is 8.19. The van der Waals surface area contributed by atoms with Gasteiger partial charge in [-0.2, -0.15) is 0 Å². The molecule has 1 aromatic carbocycles. The molecule has 0 fully saturated rings. The zero-order valence-electron chi connectivity index (χ0n) is 12.3. The molecule has 1 amide bonds. The molecular weight excluding hydrogens is 323 g/mol. The van der Waals surface area contributed by atoms with E-state index in [1.807, 2.05) is 24.3 Å². The van der Waals surface area contributed by atoms with E-state index in [-0.39, 0.29) is 10.9 Å². The minimum Gasteiger partial charge on any atom is -0.324 e. The van der Waals surface area contributed by atoms with Crippen molar-refractivity contribution in [3.8, 4) is 0 Å². The second-order valence-corrected chi connectivity index (χ2v) is 5.78. The lowest BCUT2D eigenvalue weighted by Crippen LogP contribution is -2.31. The van der Waals surface area contributed by atoms with Crippen molar-refractivity contribution in [1.29, 1.82) is 0 Å². The van der Waals surface area contributed by atoms with Crippen LogP contribution in [0.15, 0.2) is 41.3 Å². The third-order valence-corrected chi connectivity index (χ3v) is 3.87. The van der Waals surface area contributed by atoms with Gasteiger partial charge in [0.1, 0.15) is 11.1 Å². The number of nitrogens with zero attached hydrogens (tertiary/aromatic N) is 1. The van der Waals surface area contributed by atoms with Gasteiger partial charge in [0.25, 0.3) is 5.56 Å². The number of aromatic nitrogens is 1. The highest BCUT2D eigenvalue weighted by Gasteiger charge is 2.18. The van der Waals surface area contributed by atoms with E-state index in [0.29, 0.717) is 10.7 Å². The number of pyridine rings is 1. The molecule has 2 aromatic rings. The van der Waals surface area contributed by atoms with Crippen molar-refractivity contribution >= 4 is 34.8 Å². The van der Waals surface area contributed by atoms with Crippen molar-refractivity contribution in [2.75, 3.05) is 5.32 Å². The number of benzene rings is 1. The van der Waals surface area contributed by atoms with Gasteiger partial charge in [-0.15, -0.1) is 0 Å². The summed E-state index contributed by atoms with van der Waals surface area (Å²) < 4.78 is 1.22. The van der Waals surface area contributed by atoms with Crippen LogP contribution in [0.1, 0.15) is 25.5 Å². The lowest BCUT2D eigenvalue weighted by Gasteiger charge is -2.16. The Hall–Kier alpha value is -1.78. The summed E-state index contributed by atoms with van der Waals surface area (Å²) >= 11 is 11.7. The molecule has 0 radical (unpaired) electrons. The largest absolute Gasteiger partial charge is 0.324 e. The van der Waals surface area contributed by atoms with Gasteiger partial charge in [-0.25, -0.2) is 0 Å². The molecule has 0 bridgehead atoms. The molecule has 1 atom stereocenters. The van der Waals surface area contributed by atoms with Gasteiger partial charge < -0.3 is 9.88 Å². The van der Waals surface area contributed by atoms with Crippen LogP contribution in [0.3, 0.4) is 0 Å². The van der Waals surface area contributed by atoms with Gasteiger partial charge >= 0.3 is 0 Å². The summed E-state index contributed by atoms with van der Waals surface area (Å²) in [6.45, 7) is 3.68. The Morgan fingerprint density at radius 1 is 1.27 bits per heavy atom. The average molecular weight is 339 g/mol. The van der Waals surface area contributed by atoms with Crippen LogP contribution < -0.4 is 10.9 Å². The zero-order chi connectivity index (χ0) is 16.3. The molecule has 1 aromatic heterocycles. The summed E-state index contributed by atoms with van der Waals surface area (Å²) in [7, 11) is 0. The number of aryl methyl sites for hydroxylation is 1. The van der Waals surface area contributed by atoms with E-state index in [0.717, 1.165) is 6.42 Å². The smallest absolute Gasteiger partial charge is 0.270 e. The summed E-state index contributed by atoms with van der Waals surface area (Å²) in [5, 5.41) is 3.06. The topological polar surface area (TPSA) is 51.1 Å². The first kappa shape index (κ1) is 16.6. The van der Waals surface area contributed by atoms with Crippen LogP contribution in [0.5, 0.6) is 0 Å². The first-order chi connectivity index (χ1) is 10.4. The van der Waals surface area contributed by atoms with E-state index in [4.69, 9.17) is 23.2 Å². The van der Waals surface area contributed by atoms with Crippen LogP contribution in [-0.2, 0) is 11.2 Å².